The lowest BCUT2D eigenvalue weighted by atomic mass is 9.96. The van der Waals surface area contributed by atoms with Crippen LogP contribution in [0, 0.1) is 16.7 Å². The van der Waals surface area contributed by atoms with Crippen LogP contribution in [0.5, 0.6) is 0 Å². The number of hydrogen-bond donors (Lipinski definition) is 0. The van der Waals surface area contributed by atoms with Gasteiger partial charge in [0, 0.05) is 68.9 Å². The molecular weight excluding hydrogens is 517 g/mol. The third-order valence-corrected chi connectivity index (χ3v) is 10.4. The number of piperazine rings is 1. The molecule has 2 aromatic rings. The molecule has 10 heteroatoms. The summed E-state index contributed by atoms with van der Waals surface area (Å²) in [6.45, 7) is 12.7. The van der Waals surface area contributed by atoms with Gasteiger partial charge in [0.05, 0.1) is 20.7 Å². The minimum atomic E-state index is -0.0325. The molecule has 2 amide bonds. The normalized spacial score (nSPS) is 22.1. The van der Waals surface area contributed by atoms with Crippen molar-refractivity contribution in [2.45, 2.75) is 46.5 Å². The van der Waals surface area contributed by atoms with Crippen LogP contribution in [0.4, 0.5) is 5.69 Å². The zero-order valence-electron chi connectivity index (χ0n) is 21.3. The fourth-order valence-electron chi connectivity index (χ4n) is 5.92. The lowest BCUT2D eigenvalue weighted by Gasteiger charge is -2.36. The Bertz CT molecular complexity index is 1130. The maximum Gasteiger partial charge on any atom is 0.273 e. The number of amides is 2. The smallest absolute Gasteiger partial charge is 0.273 e. The van der Waals surface area contributed by atoms with Crippen molar-refractivity contribution in [3.05, 3.63) is 38.5 Å². The zero-order valence-corrected chi connectivity index (χ0v) is 23.6. The van der Waals surface area contributed by atoms with Crippen molar-refractivity contribution in [2.75, 3.05) is 44.2 Å². The van der Waals surface area contributed by atoms with E-state index in [1.165, 1.54) is 0 Å². The number of hydrogen-bond acceptors (Lipinski definition) is 6. The summed E-state index contributed by atoms with van der Waals surface area (Å²) in [4.78, 5) is 41.0. The van der Waals surface area contributed by atoms with Crippen LogP contribution in [-0.2, 0) is 4.79 Å². The molecule has 0 aromatic carbocycles. The molecule has 0 bridgehead atoms. The first kappa shape index (κ1) is 25.7. The molecule has 0 atom stereocenters. The highest BCUT2D eigenvalue weighted by molar-refractivity contribution is 7.09. The molecule has 0 spiro atoms. The number of anilines is 1. The second-order valence-electron chi connectivity index (χ2n) is 11.3. The van der Waals surface area contributed by atoms with E-state index in [2.05, 4.69) is 37.6 Å². The van der Waals surface area contributed by atoms with Crippen LogP contribution in [-0.4, -0.2) is 70.9 Å². The van der Waals surface area contributed by atoms with Crippen LogP contribution < -0.4 is 4.90 Å². The van der Waals surface area contributed by atoms with Crippen LogP contribution in [0.3, 0.4) is 0 Å². The Labute approximate surface area is 226 Å². The summed E-state index contributed by atoms with van der Waals surface area (Å²) in [6.07, 6.45) is 4.97. The van der Waals surface area contributed by atoms with Crippen molar-refractivity contribution in [3.63, 3.8) is 0 Å². The van der Waals surface area contributed by atoms with Gasteiger partial charge in [0.2, 0.25) is 5.91 Å². The highest BCUT2D eigenvalue weighted by atomic mass is 35.5. The topological polar surface area (TPSA) is 69.6 Å². The molecule has 0 radical (unpaired) electrons. The van der Waals surface area contributed by atoms with E-state index < -0.39 is 0 Å². The van der Waals surface area contributed by atoms with Crippen molar-refractivity contribution >= 4 is 52.0 Å². The van der Waals surface area contributed by atoms with Gasteiger partial charge in [0.15, 0.2) is 0 Å². The standard InChI is InChI=1S/C26H33Cl2N5O2S/c1-25(2)21(26(25,3)4)24(35)32-7-5-16(6-8-32)22-30-19(15-36-22)23(34)33-11-9-31(10-12-33)20-17(27)13-29-14-18(20)28/h13-16,21H,5-12H2,1-4H3. The van der Waals surface area contributed by atoms with Gasteiger partial charge in [-0.15, -0.1) is 11.3 Å². The molecule has 3 fully saturated rings. The van der Waals surface area contributed by atoms with Gasteiger partial charge in [-0.3, -0.25) is 14.6 Å². The van der Waals surface area contributed by atoms with E-state index >= 15 is 0 Å². The molecule has 7 nitrogen and oxygen atoms in total. The van der Waals surface area contributed by atoms with Gasteiger partial charge in [-0.1, -0.05) is 50.9 Å². The molecule has 36 heavy (non-hydrogen) atoms. The molecule has 2 saturated heterocycles. The van der Waals surface area contributed by atoms with E-state index in [9.17, 15) is 9.59 Å². The largest absolute Gasteiger partial charge is 0.365 e. The Morgan fingerprint density at radius 3 is 2.06 bits per heavy atom. The zero-order chi connectivity index (χ0) is 25.8. The Morgan fingerprint density at radius 1 is 0.917 bits per heavy atom. The fraction of sp³-hybridized carbons (Fsp3) is 0.615. The molecular formula is C26H33Cl2N5O2S. The number of thiazole rings is 1. The summed E-state index contributed by atoms with van der Waals surface area (Å²) in [5, 5.41) is 3.92. The lowest BCUT2D eigenvalue weighted by Crippen LogP contribution is -2.49. The Balaban J connectivity index is 1.15. The van der Waals surface area contributed by atoms with Crippen molar-refractivity contribution < 1.29 is 9.59 Å². The minimum Gasteiger partial charge on any atom is -0.365 e. The molecule has 4 heterocycles. The van der Waals surface area contributed by atoms with Gasteiger partial charge in [-0.25, -0.2) is 4.98 Å². The van der Waals surface area contributed by atoms with E-state index in [1.807, 2.05) is 15.2 Å². The van der Waals surface area contributed by atoms with Gasteiger partial charge >= 0.3 is 0 Å². The average molecular weight is 551 g/mol. The molecule has 1 saturated carbocycles. The molecule has 2 aliphatic heterocycles. The van der Waals surface area contributed by atoms with Crippen LogP contribution in [0.25, 0.3) is 0 Å². The quantitative estimate of drug-likeness (QED) is 0.524. The van der Waals surface area contributed by atoms with Crippen molar-refractivity contribution in [1.82, 2.24) is 19.8 Å². The SMILES string of the molecule is CC1(C)C(C(=O)N2CCC(c3nc(C(=O)N4CCN(c5c(Cl)cncc5Cl)CC4)cs3)CC2)C1(C)C. The van der Waals surface area contributed by atoms with Crippen molar-refractivity contribution in [1.29, 1.82) is 0 Å². The highest BCUT2D eigenvalue weighted by Gasteiger charge is 2.68. The Morgan fingerprint density at radius 2 is 1.50 bits per heavy atom. The predicted octanol–water partition coefficient (Wildman–Crippen LogP) is 5.20. The maximum absolute atomic E-state index is 13.2. The molecule has 1 aliphatic carbocycles. The average Bonchev–Trinajstić information content (AvgIpc) is 3.16. The summed E-state index contributed by atoms with van der Waals surface area (Å²) >= 11 is 14.2. The minimum absolute atomic E-state index is 0.0325. The summed E-state index contributed by atoms with van der Waals surface area (Å²) in [6, 6.07) is 0. The molecule has 5 rings (SSSR count). The molecule has 2 aromatic heterocycles. The maximum atomic E-state index is 13.2. The van der Waals surface area contributed by atoms with Crippen LogP contribution >= 0.6 is 34.5 Å². The third kappa shape index (κ3) is 4.39. The monoisotopic (exact) mass is 549 g/mol. The van der Waals surface area contributed by atoms with E-state index in [4.69, 9.17) is 28.2 Å². The van der Waals surface area contributed by atoms with Crippen LogP contribution in [0.1, 0.15) is 62.0 Å². The van der Waals surface area contributed by atoms with E-state index in [0.717, 1.165) is 36.6 Å². The second kappa shape index (κ2) is 9.44. The third-order valence-electron chi connectivity index (χ3n) is 8.88. The Kier molecular flexibility index (Phi) is 6.75. The van der Waals surface area contributed by atoms with Gasteiger partial charge in [-0.05, 0) is 23.7 Å². The number of nitrogens with zero attached hydrogens (tertiary/aromatic N) is 5. The first-order valence-corrected chi connectivity index (χ1v) is 14.2. The van der Waals surface area contributed by atoms with E-state index in [0.29, 0.717) is 53.7 Å². The number of halogens is 2. The lowest BCUT2D eigenvalue weighted by molar-refractivity contribution is -0.134. The summed E-state index contributed by atoms with van der Waals surface area (Å²) in [5.41, 5.74) is 1.42. The van der Waals surface area contributed by atoms with Gasteiger partial charge in [0.25, 0.3) is 5.91 Å². The van der Waals surface area contributed by atoms with E-state index in [-0.39, 0.29) is 22.7 Å². The van der Waals surface area contributed by atoms with Gasteiger partial charge in [-0.2, -0.15) is 0 Å². The number of carbonyl (C=O) groups is 2. The first-order chi connectivity index (χ1) is 17.0. The fourth-order valence-corrected chi connectivity index (χ4v) is 7.49. The number of rotatable bonds is 4. The number of pyridine rings is 1. The number of likely N-dealkylation sites (tertiary alicyclic amines) is 1. The summed E-state index contributed by atoms with van der Waals surface area (Å²) in [7, 11) is 0. The van der Waals surface area contributed by atoms with Crippen molar-refractivity contribution in [3.8, 4) is 0 Å². The van der Waals surface area contributed by atoms with Crippen LogP contribution in [0.15, 0.2) is 17.8 Å². The number of piperidine rings is 1. The molecule has 0 N–H and O–H groups in total. The van der Waals surface area contributed by atoms with E-state index in [1.54, 1.807) is 23.7 Å². The van der Waals surface area contributed by atoms with Crippen molar-refractivity contribution in [2.24, 2.45) is 16.7 Å². The Hall–Kier alpha value is -1.90. The molecule has 0 unspecified atom stereocenters. The van der Waals surface area contributed by atoms with Crippen LogP contribution in [0.2, 0.25) is 10.0 Å². The summed E-state index contributed by atoms with van der Waals surface area (Å²) in [5.74, 6) is 0.673. The summed E-state index contributed by atoms with van der Waals surface area (Å²) < 4.78 is 0. The van der Waals surface area contributed by atoms with Gasteiger partial charge in [0.1, 0.15) is 5.69 Å². The first-order valence-electron chi connectivity index (χ1n) is 12.6. The highest BCUT2D eigenvalue weighted by Crippen LogP contribution is 2.68. The van der Waals surface area contributed by atoms with Gasteiger partial charge < -0.3 is 14.7 Å². The molecule has 3 aliphatic rings. The number of aromatic nitrogens is 2. The second-order valence-corrected chi connectivity index (χ2v) is 13.0. The predicted molar refractivity (Wildman–Crippen MR) is 144 cm³/mol. The number of carbonyl (C=O) groups excluding carboxylic acids is 2. The molecule has 194 valence electrons.